The normalized spacial score (nSPS) is 23.9. The van der Waals surface area contributed by atoms with Crippen LogP contribution in [0.2, 0.25) is 0 Å². The van der Waals surface area contributed by atoms with Crippen molar-refractivity contribution in [3.63, 3.8) is 0 Å². The van der Waals surface area contributed by atoms with Gasteiger partial charge in [0.1, 0.15) is 0 Å². The van der Waals surface area contributed by atoms with Gasteiger partial charge in [-0.2, -0.15) is 0 Å². The smallest absolute Gasteiger partial charge is 0.0434 e. The number of hydrogen-bond donors (Lipinski definition) is 2. The van der Waals surface area contributed by atoms with Crippen LogP contribution in [0.1, 0.15) is 44.6 Å². The van der Waals surface area contributed by atoms with Crippen molar-refractivity contribution in [3.05, 3.63) is 29.8 Å². The van der Waals surface area contributed by atoms with Gasteiger partial charge in [-0.15, -0.1) is 0 Å². The molecule has 0 amide bonds. The summed E-state index contributed by atoms with van der Waals surface area (Å²) in [4.78, 5) is 0. The molecule has 0 aromatic heterocycles. The summed E-state index contributed by atoms with van der Waals surface area (Å²) in [7, 11) is 0. The molecular formula is C16H25NO. The van der Waals surface area contributed by atoms with Crippen molar-refractivity contribution in [2.75, 3.05) is 11.9 Å². The molecule has 0 spiro atoms. The van der Waals surface area contributed by atoms with E-state index in [2.05, 4.69) is 36.5 Å². The minimum atomic E-state index is 0.275. The van der Waals surface area contributed by atoms with Crippen molar-refractivity contribution >= 4 is 5.69 Å². The molecule has 1 aliphatic carbocycles. The maximum Gasteiger partial charge on any atom is 0.0434 e. The van der Waals surface area contributed by atoms with E-state index >= 15 is 0 Å². The first-order valence-corrected chi connectivity index (χ1v) is 7.26. The highest BCUT2D eigenvalue weighted by atomic mass is 16.2. The fourth-order valence-electron chi connectivity index (χ4n) is 2.84. The minimum absolute atomic E-state index is 0.275. The lowest BCUT2D eigenvalue weighted by atomic mass is 9.86. The molecule has 1 aromatic carbocycles. The number of rotatable bonds is 5. The summed E-state index contributed by atoms with van der Waals surface area (Å²) in [6.45, 7) is 2.63. The van der Waals surface area contributed by atoms with Crippen LogP contribution in [0, 0.1) is 5.92 Å². The first-order chi connectivity index (χ1) is 8.79. The van der Waals surface area contributed by atoms with Gasteiger partial charge in [-0.25, -0.2) is 0 Å². The number of nitrogens with one attached hydrogen (secondary N) is 1. The lowest BCUT2D eigenvalue weighted by Gasteiger charge is -2.30. The van der Waals surface area contributed by atoms with Gasteiger partial charge < -0.3 is 10.4 Å². The highest BCUT2D eigenvalue weighted by molar-refractivity contribution is 5.46. The van der Waals surface area contributed by atoms with Crippen molar-refractivity contribution in [1.29, 1.82) is 0 Å². The monoisotopic (exact) mass is 247 g/mol. The standard InChI is InChI=1S/C16H25NO/c1-13-6-2-3-10-16(13)17-15-9-4-7-14(12-15)8-5-11-18/h4,7,9,12-13,16-18H,2-3,5-6,8,10-11H2,1H3. The number of aliphatic hydroxyl groups is 1. The predicted octanol–water partition coefficient (Wildman–Crippen LogP) is 3.60. The van der Waals surface area contributed by atoms with Gasteiger partial charge in [0.05, 0.1) is 0 Å². The Kier molecular flexibility index (Phi) is 5.06. The van der Waals surface area contributed by atoms with Crippen molar-refractivity contribution in [1.82, 2.24) is 0 Å². The van der Waals surface area contributed by atoms with E-state index in [1.54, 1.807) is 0 Å². The van der Waals surface area contributed by atoms with Gasteiger partial charge in [0.25, 0.3) is 0 Å². The molecule has 2 rings (SSSR count). The summed E-state index contributed by atoms with van der Waals surface area (Å²) >= 11 is 0. The van der Waals surface area contributed by atoms with E-state index in [0.29, 0.717) is 6.04 Å². The Morgan fingerprint density at radius 2 is 2.11 bits per heavy atom. The van der Waals surface area contributed by atoms with E-state index in [-0.39, 0.29) is 6.61 Å². The highest BCUT2D eigenvalue weighted by Gasteiger charge is 2.20. The van der Waals surface area contributed by atoms with Gasteiger partial charge in [0.15, 0.2) is 0 Å². The lowest BCUT2D eigenvalue weighted by molar-refractivity contribution is 0.288. The number of aliphatic hydroxyl groups excluding tert-OH is 1. The van der Waals surface area contributed by atoms with Crippen LogP contribution < -0.4 is 5.32 Å². The SMILES string of the molecule is CC1CCCCC1Nc1cccc(CCCO)c1. The summed E-state index contributed by atoms with van der Waals surface area (Å²) in [5.41, 5.74) is 2.56. The first-order valence-electron chi connectivity index (χ1n) is 7.26. The Balaban J connectivity index is 1.95. The molecule has 18 heavy (non-hydrogen) atoms. The molecule has 2 unspecified atom stereocenters. The Hall–Kier alpha value is -1.02. The molecule has 0 aliphatic heterocycles. The molecule has 2 atom stereocenters. The molecule has 100 valence electrons. The van der Waals surface area contributed by atoms with Crippen LogP contribution in [0.25, 0.3) is 0 Å². The lowest BCUT2D eigenvalue weighted by Crippen LogP contribution is -2.30. The molecule has 1 aromatic rings. The van der Waals surface area contributed by atoms with Crippen molar-refractivity contribution in [2.45, 2.75) is 51.5 Å². The van der Waals surface area contributed by atoms with E-state index in [0.717, 1.165) is 18.8 Å². The van der Waals surface area contributed by atoms with E-state index in [1.807, 2.05) is 0 Å². The zero-order valence-corrected chi connectivity index (χ0v) is 11.4. The fourth-order valence-corrected chi connectivity index (χ4v) is 2.84. The molecule has 2 heteroatoms. The third kappa shape index (κ3) is 3.74. The Labute approximate surface area is 110 Å². The molecule has 2 nitrogen and oxygen atoms in total. The van der Waals surface area contributed by atoms with Crippen LogP contribution in [0.15, 0.2) is 24.3 Å². The van der Waals surface area contributed by atoms with Crippen LogP contribution >= 0.6 is 0 Å². The molecule has 0 saturated heterocycles. The molecule has 0 heterocycles. The third-order valence-corrected chi connectivity index (χ3v) is 4.01. The predicted molar refractivity (Wildman–Crippen MR) is 76.9 cm³/mol. The van der Waals surface area contributed by atoms with E-state index in [9.17, 15) is 0 Å². The van der Waals surface area contributed by atoms with Gasteiger partial charge in [0, 0.05) is 18.3 Å². The van der Waals surface area contributed by atoms with Gasteiger partial charge in [-0.05, 0) is 49.3 Å². The number of anilines is 1. The summed E-state index contributed by atoms with van der Waals surface area (Å²) in [6.07, 6.45) is 7.20. The highest BCUT2D eigenvalue weighted by Crippen LogP contribution is 2.27. The molecular weight excluding hydrogens is 222 g/mol. The summed E-state index contributed by atoms with van der Waals surface area (Å²) in [6, 6.07) is 9.28. The molecule has 1 fully saturated rings. The maximum atomic E-state index is 8.88. The second-order valence-electron chi connectivity index (χ2n) is 5.54. The Morgan fingerprint density at radius 3 is 2.89 bits per heavy atom. The third-order valence-electron chi connectivity index (χ3n) is 4.01. The average molecular weight is 247 g/mol. The maximum absolute atomic E-state index is 8.88. The largest absolute Gasteiger partial charge is 0.396 e. The summed E-state index contributed by atoms with van der Waals surface area (Å²) < 4.78 is 0. The van der Waals surface area contributed by atoms with Crippen LogP contribution in [-0.2, 0) is 6.42 Å². The van der Waals surface area contributed by atoms with Crippen LogP contribution in [0.5, 0.6) is 0 Å². The van der Waals surface area contributed by atoms with E-state index < -0.39 is 0 Å². The Morgan fingerprint density at radius 1 is 1.28 bits per heavy atom. The quantitative estimate of drug-likeness (QED) is 0.833. The van der Waals surface area contributed by atoms with Gasteiger partial charge >= 0.3 is 0 Å². The first kappa shape index (κ1) is 13.4. The molecule has 2 N–H and O–H groups in total. The van der Waals surface area contributed by atoms with E-state index in [4.69, 9.17) is 5.11 Å². The van der Waals surface area contributed by atoms with Gasteiger partial charge in [-0.1, -0.05) is 31.9 Å². The number of benzene rings is 1. The van der Waals surface area contributed by atoms with Crippen LogP contribution in [-0.4, -0.2) is 17.8 Å². The van der Waals surface area contributed by atoms with Crippen molar-refractivity contribution in [2.24, 2.45) is 5.92 Å². The zero-order chi connectivity index (χ0) is 12.8. The zero-order valence-electron chi connectivity index (χ0n) is 11.4. The molecule has 1 aliphatic rings. The number of hydrogen-bond acceptors (Lipinski definition) is 2. The summed E-state index contributed by atoms with van der Waals surface area (Å²) in [5, 5.41) is 12.6. The second-order valence-corrected chi connectivity index (χ2v) is 5.54. The van der Waals surface area contributed by atoms with Gasteiger partial charge in [0.2, 0.25) is 0 Å². The fraction of sp³-hybridized carbons (Fsp3) is 0.625. The number of aryl methyl sites for hydroxylation is 1. The topological polar surface area (TPSA) is 32.3 Å². The average Bonchev–Trinajstić information content (AvgIpc) is 2.40. The Bertz CT molecular complexity index is 364. The van der Waals surface area contributed by atoms with Crippen LogP contribution in [0.4, 0.5) is 5.69 Å². The molecule has 0 bridgehead atoms. The molecule has 0 radical (unpaired) electrons. The molecule has 1 saturated carbocycles. The van der Waals surface area contributed by atoms with Crippen molar-refractivity contribution in [3.8, 4) is 0 Å². The van der Waals surface area contributed by atoms with Crippen LogP contribution in [0.3, 0.4) is 0 Å². The van der Waals surface area contributed by atoms with E-state index in [1.165, 1.54) is 36.9 Å². The van der Waals surface area contributed by atoms with Gasteiger partial charge in [-0.3, -0.25) is 0 Å². The van der Waals surface area contributed by atoms with Crippen molar-refractivity contribution < 1.29 is 5.11 Å². The summed E-state index contributed by atoms with van der Waals surface area (Å²) in [5.74, 6) is 0.778. The minimum Gasteiger partial charge on any atom is -0.396 e. The second kappa shape index (κ2) is 6.79.